The SMILES string of the molecule is CC[C@@H](C(=O)NC)N(Cc1ccc(C)cc1)C(=O)CN(c1cccc(C)c1)S(C)(=O)=O. The van der Waals surface area contributed by atoms with Crippen molar-refractivity contribution in [2.45, 2.75) is 39.8 Å². The molecule has 31 heavy (non-hydrogen) atoms. The van der Waals surface area contributed by atoms with Gasteiger partial charge in [0.25, 0.3) is 0 Å². The molecule has 8 heteroatoms. The smallest absolute Gasteiger partial charge is 0.244 e. The van der Waals surface area contributed by atoms with E-state index in [4.69, 9.17) is 0 Å². The van der Waals surface area contributed by atoms with Crippen LogP contribution in [0.3, 0.4) is 0 Å². The molecule has 0 aliphatic carbocycles. The van der Waals surface area contributed by atoms with Gasteiger partial charge in [0.05, 0.1) is 11.9 Å². The molecule has 0 saturated carbocycles. The number of likely N-dealkylation sites (N-methyl/N-ethyl adjacent to an activating group) is 1. The van der Waals surface area contributed by atoms with E-state index in [1.807, 2.05) is 51.1 Å². The predicted octanol–water partition coefficient (Wildman–Crippen LogP) is 2.62. The first kappa shape index (κ1) is 24.4. The summed E-state index contributed by atoms with van der Waals surface area (Å²) in [6.45, 7) is 5.47. The largest absolute Gasteiger partial charge is 0.357 e. The van der Waals surface area contributed by atoms with E-state index in [1.165, 1.54) is 11.9 Å². The first-order valence-electron chi connectivity index (χ1n) is 10.2. The molecule has 0 bridgehead atoms. The van der Waals surface area contributed by atoms with Gasteiger partial charge in [-0.3, -0.25) is 13.9 Å². The van der Waals surface area contributed by atoms with Crippen LogP contribution in [0.15, 0.2) is 48.5 Å². The zero-order chi connectivity index (χ0) is 23.2. The number of nitrogens with one attached hydrogen (secondary N) is 1. The summed E-state index contributed by atoms with van der Waals surface area (Å²) in [4.78, 5) is 27.3. The number of sulfonamides is 1. The van der Waals surface area contributed by atoms with E-state index in [0.717, 1.165) is 27.3 Å². The Hall–Kier alpha value is -2.87. The van der Waals surface area contributed by atoms with Crippen LogP contribution in [0.25, 0.3) is 0 Å². The second-order valence-corrected chi connectivity index (χ2v) is 9.56. The Kier molecular flexibility index (Phi) is 8.21. The summed E-state index contributed by atoms with van der Waals surface area (Å²) in [6.07, 6.45) is 1.48. The number of nitrogens with zero attached hydrogens (tertiary/aromatic N) is 2. The fourth-order valence-electron chi connectivity index (χ4n) is 3.37. The summed E-state index contributed by atoms with van der Waals surface area (Å²) >= 11 is 0. The summed E-state index contributed by atoms with van der Waals surface area (Å²) in [6, 6.07) is 13.9. The molecule has 2 rings (SSSR count). The summed E-state index contributed by atoms with van der Waals surface area (Å²) in [5.41, 5.74) is 3.25. The Morgan fingerprint density at radius 3 is 2.19 bits per heavy atom. The van der Waals surface area contributed by atoms with Crippen LogP contribution in [-0.2, 0) is 26.2 Å². The van der Waals surface area contributed by atoms with Gasteiger partial charge in [0.1, 0.15) is 12.6 Å². The number of anilines is 1. The highest BCUT2D eigenvalue weighted by Crippen LogP contribution is 2.20. The number of amides is 2. The first-order valence-corrected chi connectivity index (χ1v) is 12.0. The van der Waals surface area contributed by atoms with E-state index < -0.39 is 22.0 Å². The van der Waals surface area contributed by atoms with Crippen LogP contribution in [-0.4, -0.2) is 51.0 Å². The maximum absolute atomic E-state index is 13.4. The highest BCUT2D eigenvalue weighted by atomic mass is 32.2. The van der Waals surface area contributed by atoms with Crippen molar-refractivity contribution in [2.24, 2.45) is 0 Å². The zero-order valence-corrected chi connectivity index (χ0v) is 19.6. The lowest BCUT2D eigenvalue weighted by atomic mass is 10.1. The van der Waals surface area contributed by atoms with Gasteiger partial charge >= 0.3 is 0 Å². The fourth-order valence-corrected chi connectivity index (χ4v) is 4.21. The van der Waals surface area contributed by atoms with Crippen molar-refractivity contribution < 1.29 is 18.0 Å². The van der Waals surface area contributed by atoms with Crippen LogP contribution >= 0.6 is 0 Å². The minimum Gasteiger partial charge on any atom is -0.357 e. The molecule has 0 aliphatic heterocycles. The average Bonchev–Trinajstić information content (AvgIpc) is 2.72. The van der Waals surface area contributed by atoms with E-state index in [1.54, 1.807) is 18.2 Å². The molecule has 2 aromatic rings. The van der Waals surface area contributed by atoms with Crippen LogP contribution < -0.4 is 9.62 Å². The fraction of sp³-hybridized carbons (Fsp3) is 0.391. The molecule has 0 spiro atoms. The Morgan fingerprint density at radius 1 is 1.03 bits per heavy atom. The molecule has 1 N–H and O–H groups in total. The quantitative estimate of drug-likeness (QED) is 0.643. The number of aryl methyl sites for hydroxylation is 2. The Bertz CT molecular complexity index is 1020. The molecule has 2 amide bonds. The molecule has 0 aromatic heterocycles. The first-order chi connectivity index (χ1) is 14.6. The lowest BCUT2D eigenvalue weighted by Gasteiger charge is -2.32. The average molecular weight is 446 g/mol. The number of hydrogen-bond donors (Lipinski definition) is 1. The molecule has 7 nitrogen and oxygen atoms in total. The predicted molar refractivity (Wildman–Crippen MR) is 123 cm³/mol. The number of hydrogen-bond acceptors (Lipinski definition) is 4. The second kappa shape index (κ2) is 10.4. The van der Waals surface area contributed by atoms with E-state index in [9.17, 15) is 18.0 Å². The third-order valence-electron chi connectivity index (χ3n) is 5.07. The molecule has 2 aromatic carbocycles. The monoisotopic (exact) mass is 445 g/mol. The highest BCUT2D eigenvalue weighted by Gasteiger charge is 2.31. The molecule has 0 fully saturated rings. The standard InChI is InChI=1S/C23H31N3O4S/c1-6-21(23(28)24-4)25(15-19-12-10-17(2)11-13-19)22(27)16-26(31(5,29)30)20-9-7-8-18(3)14-20/h7-14,21H,6,15-16H2,1-5H3,(H,24,28)/t21-/m0/s1. The van der Waals surface area contributed by atoms with Gasteiger partial charge in [0.2, 0.25) is 21.8 Å². The van der Waals surface area contributed by atoms with Crippen LogP contribution in [0, 0.1) is 13.8 Å². The molecule has 0 aliphatic rings. The van der Waals surface area contributed by atoms with Crippen molar-refractivity contribution in [1.29, 1.82) is 0 Å². The lowest BCUT2D eigenvalue weighted by Crippen LogP contribution is -2.51. The third kappa shape index (κ3) is 6.55. The number of carbonyl (C=O) groups is 2. The molecule has 0 unspecified atom stereocenters. The molecular formula is C23H31N3O4S. The van der Waals surface area contributed by atoms with E-state index >= 15 is 0 Å². The molecule has 0 heterocycles. The van der Waals surface area contributed by atoms with Gasteiger partial charge < -0.3 is 10.2 Å². The highest BCUT2D eigenvalue weighted by molar-refractivity contribution is 7.92. The molecule has 1 atom stereocenters. The van der Waals surface area contributed by atoms with Gasteiger partial charge in [-0.1, -0.05) is 48.9 Å². The maximum Gasteiger partial charge on any atom is 0.244 e. The topological polar surface area (TPSA) is 86.8 Å². The maximum atomic E-state index is 13.4. The number of rotatable bonds is 9. The lowest BCUT2D eigenvalue weighted by molar-refractivity contribution is -0.140. The molecule has 0 saturated heterocycles. The minimum atomic E-state index is -3.71. The Labute approximate surface area is 185 Å². The van der Waals surface area contributed by atoms with Gasteiger partial charge in [-0.15, -0.1) is 0 Å². The third-order valence-corrected chi connectivity index (χ3v) is 6.22. The number of benzene rings is 2. The van der Waals surface area contributed by atoms with Crippen molar-refractivity contribution >= 4 is 27.5 Å². The zero-order valence-electron chi connectivity index (χ0n) is 18.8. The van der Waals surface area contributed by atoms with Crippen molar-refractivity contribution in [3.05, 3.63) is 65.2 Å². The van der Waals surface area contributed by atoms with Crippen LogP contribution in [0.5, 0.6) is 0 Å². The molecular weight excluding hydrogens is 414 g/mol. The minimum absolute atomic E-state index is 0.205. The van der Waals surface area contributed by atoms with Gasteiger partial charge in [0, 0.05) is 13.6 Å². The van der Waals surface area contributed by atoms with Crippen LogP contribution in [0.2, 0.25) is 0 Å². The summed E-state index contributed by atoms with van der Waals surface area (Å²) in [7, 11) is -2.19. The summed E-state index contributed by atoms with van der Waals surface area (Å²) < 4.78 is 26.1. The Morgan fingerprint density at radius 2 is 1.68 bits per heavy atom. The number of carbonyl (C=O) groups excluding carboxylic acids is 2. The normalized spacial score (nSPS) is 12.2. The van der Waals surface area contributed by atoms with Gasteiger partial charge in [-0.25, -0.2) is 8.42 Å². The molecule has 168 valence electrons. The van der Waals surface area contributed by atoms with E-state index in [0.29, 0.717) is 12.1 Å². The van der Waals surface area contributed by atoms with E-state index in [-0.39, 0.29) is 19.0 Å². The second-order valence-electron chi connectivity index (χ2n) is 7.65. The van der Waals surface area contributed by atoms with Crippen molar-refractivity contribution in [3.63, 3.8) is 0 Å². The Balaban J connectivity index is 2.41. The van der Waals surface area contributed by atoms with Crippen molar-refractivity contribution in [1.82, 2.24) is 10.2 Å². The van der Waals surface area contributed by atoms with E-state index in [2.05, 4.69) is 5.32 Å². The summed E-state index contributed by atoms with van der Waals surface area (Å²) in [5.74, 6) is -0.729. The van der Waals surface area contributed by atoms with Crippen molar-refractivity contribution in [2.75, 3.05) is 24.2 Å². The van der Waals surface area contributed by atoms with Gasteiger partial charge in [0.15, 0.2) is 0 Å². The van der Waals surface area contributed by atoms with Crippen LogP contribution in [0.4, 0.5) is 5.69 Å². The summed E-state index contributed by atoms with van der Waals surface area (Å²) in [5, 5.41) is 2.60. The van der Waals surface area contributed by atoms with Crippen LogP contribution in [0.1, 0.15) is 30.0 Å². The van der Waals surface area contributed by atoms with Crippen molar-refractivity contribution in [3.8, 4) is 0 Å². The molecule has 0 radical (unpaired) electrons. The van der Waals surface area contributed by atoms with Gasteiger partial charge in [-0.05, 0) is 43.5 Å². The van der Waals surface area contributed by atoms with Gasteiger partial charge in [-0.2, -0.15) is 0 Å².